The first-order valence-electron chi connectivity index (χ1n) is 4.77. The second kappa shape index (κ2) is 4.25. The molecule has 2 N–H and O–H groups in total. The van der Waals surface area contributed by atoms with Gasteiger partial charge in [-0.15, -0.1) is 0 Å². The van der Waals surface area contributed by atoms with Crippen molar-refractivity contribution in [1.82, 2.24) is 10.2 Å². The number of nitrogens with one attached hydrogen (secondary N) is 2. The number of H-pyrrole nitrogens is 2. The SMILES string of the molecule is COc1ccc(F)cc1-c1cc(=O)[nH][nH]c1=O. The number of halogens is 1. The van der Waals surface area contributed by atoms with Crippen LogP contribution in [-0.4, -0.2) is 17.3 Å². The van der Waals surface area contributed by atoms with Crippen LogP contribution >= 0.6 is 0 Å². The van der Waals surface area contributed by atoms with Gasteiger partial charge in [0.1, 0.15) is 11.6 Å². The van der Waals surface area contributed by atoms with Crippen LogP contribution in [0.4, 0.5) is 4.39 Å². The molecule has 0 aliphatic carbocycles. The summed E-state index contributed by atoms with van der Waals surface area (Å²) in [5, 5.41) is 4.30. The predicted octanol–water partition coefficient (Wildman–Crippen LogP) is 0.878. The highest BCUT2D eigenvalue weighted by atomic mass is 19.1. The summed E-state index contributed by atoms with van der Waals surface area (Å²) in [6.07, 6.45) is 0. The first kappa shape index (κ1) is 11.1. The molecule has 0 aliphatic rings. The van der Waals surface area contributed by atoms with Crippen LogP contribution in [0.3, 0.4) is 0 Å². The van der Waals surface area contributed by atoms with E-state index in [0.29, 0.717) is 5.75 Å². The zero-order valence-electron chi connectivity index (χ0n) is 8.91. The van der Waals surface area contributed by atoms with Crippen molar-refractivity contribution in [2.45, 2.75) is 0 Å². The number of hydrogen-bond donors (Lipinski definition) is 2. The van der Waals surface area contributed by atoms with Gasteiger partial charge in [-0.2, -0.15) is 0 Å². The van der Waals surface area contributed by atoms with Crippen LogP contribution in [0, 0.1) is 5.82 Å². The van der Waals surface area contributed by atoms with E-state index < -0.39 is 16.9 Å². The summed E-state index contributed by atoms with van der Waals surface area (Å²) in [6.45, 7) is 0. The Morgan fingerprint density at radius 1 is 1.12 bits per heavy atom. The fraction of sp³-hybridized carbons (Fsp3) is 0.0909. The molecule has 0 saturated carbocycles. The Hall–Kier alpha value is -2.37. The van der Waals surface area contributed by atoms with Crippen LogP contribution in [0.25, 0.3) is 11.1 Å². The molecule has 2 aromatic rings. The molecule has 0 radical (unpaired) electrons. The van der Waals surface area contributed by atoms with Gasteiger partial charge in [0.05, 0.1) is 12.7 Å². The number of aromatic amines is 2. The van der Waals surface area contributed by atoms with Gasteiger partial charge in [0.25, 0.3) is 11.1 Å². The van der Waals surface area contributed by atoms with Gasteiger partial charge in [-0.1, -0.05) is 0 Å². The van der Waals surface area contributed by atoms with Crippen molar-refractivity contribution < 1.29 is 9.13 Å². The number of ether oxygens (including phenoxy) is 1. The van der Waals surface area contributed by atoms with Crippen LogP contribution in [0.5, 0.6) is 5.75 Å². The molecule has 0 saturated heterocycles. The first-order chi connectivity index (χ1) is 8.11. The van der Waals surface area contributed by atoms with Gasteiger partial charge in [-0.3, -0.25) is 19.8 Å². The van der Waals surface area contributed by atoms with Gasteiger partial charge < -0.3 is 4.74 Å². The molecule has 5 nitrogen and oxygen atoms in total. The number of aromatic nitrogens is 2. The number of hydrogen-bond acceptors (Lipinski definition) is 3. The van der Waals surface area contributed by atoms with Crippen molar-refractivity contribution in [1.29, 1.82) is 0 Å². The Morgan fingerprint density at radius 2 is 1.88 bits per heavy atom. The Balaban J connectivity index is 2.75. The molecule has 1 aromatic carbocycles. The Kier molecular flexibility index (Phi) is 2.78. The highest BCUT2D eigenvalue weighted by Gasteiger charge is 2.11. The Bertz CT molecular complexity index is 660. The number of benzene rings is 1. The van der Waals surface area contributed by atoms with E-state index in [1.54, 1.807) is 0 Å². The third kappa shape index (κ3) is 2.10. The molecule has 2 rings (SSSR count). The molecule has 0 amide bonds. The minimum atomic E-state index is -0.520. The minimum absolute atomic E-state index is 0.0603. The molecule has 17 heavy (non-hydrogen) atoms. The normalized spacial score (nSPS) is 10.2. The van der Waals surface area contributed by atoms with E-state index in [4.69, 9.17) is 4.74 Å². The summed E-state index contributed by atoms with van der Waals surface area (Å²) >= 11 is 0. The second-order valence-electron chi connectivity index (χ2n) is 3.35. The van der Waals surface area contributed by atoms with Crippen LogP contribution < -0.4 is 15.9 Å². The lowest BCUT2D eigenvalue weighted by Gasteiger charge is -2.07. The third-order valence-corrected chi connectivity index (χ3v) is 2.27. The predicted molar refractivity (Wildman–Crippen MR) is 59.6 cm³/mol. The lowest BCUT2D eigenvalue weighted by Crippen LogP contribution is -2.19. The Labute approximate surface area is 94.9 Å². The lowest BCUT2D eigenvalue weighted by molar-refractivity contribution is 0.415. The molecule has 88 valence electrons. The summed E-state index contributed by atoms with van der Waals surface area (Å²) in [6, 6.07) is 4.84. The van der Waals surface area contributed by atoms with E-state index in [0.717, 1.165) is 12.1 Å². The molecule has 1 heterocycles. The summed E-state index contributed by atoms with van der Waals surface area (Å²) in [5.74, 6) is -0.192. The zero-order chi connectivity index (χ0) is 12.4. The largest absolute Gasteiger partial charge is 0.496 e. The second-order valence-corrected chi connectivity index (χ2v) is 3.35. The van der Waals surface area contributed by atoms with Gasteiger partial charge in [0.2, 0.25) is 0 Å². The van der Waals surface area contributed by atoms with Crippen LogP contribution in [-0.2, 0) is 0 Å². The highest BCUT2D eigenvalue weighted by Crippen LogP contribution is 2.27. The number of rotatable bonds is 2. The van der Waals surface area contributed by atoms with Gasteiger partial charge in [0.15, 0.2) is 0 Å². The molecular weight excluding hydrogens is 227 g/mol. The smallest absolute Gasteiger partial charge is 0.270 e. The van der Waals surface area contributed by atoms with Gasteiger partial charge in [0, 0.05) is 11.6 Å². The van der Waals surface area contributed by atoms with E-state index in [2.05, 4.69) is 10.2 Å². The standard InChI is InChI=1S/C11H9FN2O3/c1-17-9-3-2-6(12)4-7(9)8-5-10(15)13-14-11(8)16/h2-5H,1H3,(H,13,15)(H,14,16). The summed E-state index contributed by atoms with van der Waals surface area (Å²) in [7, 11) is 1.40. The highest BCUT2D eigenvalue weighted by molar-refractivity contribution is 5.69. The molecule has 1 aromatic heterocycles. The van der Waals surface area contributed by atoms with Gasteiger partial charge >= 0.3 is 0 Å². The Morgan fingerprint density at radius 3 is 2.59 bits per heavy atom. The monoisotopic (exact) mass is 236 g/mol. The molecular formula is C11H9FN2O3. The third-order valence-electron chi connectivity index (χ3n) is 2.27. The molecule has 0 spiro atoms. The van der Waals surface area contributed by atoms with Gasteiger partial charge in [-0.05, 0) is 18.2 Å². The summed E-state index contributed by atoms with van der Waals surface area (Å²) in [4.78, 5) is 22.7. The maximum atomic E-state index is 13.1. The topological polar surface area (TPSA) is 75.0 Å². The van der Waals surface area contributed by atoms with Crippen molar-refractivity contribution in [3.63, 3.8) is 0 Å². The first-order valence-corrected chi connectivity index (χ1v) is 4.77. The lowest BCUT2D eigenvalue weighted by atomic mass is 10.1. The van der Waals surface area contributed by atoms with E-state index >= 15 is 0 Å². The van der Waals surface area contributed by atoms with Crippen LogP contribution in [0.15, 0.2) is 33.9 Å². The summed E-state index contributed by atoms with van der Waals surface area (Å²) < 4.78 is 18.2. The van der Waals surface area contributed by atoms with E-state index in [9.17, 15) is 14.0 Å². The van der Waals surface area contributed by atoms with E-state index in [1.165, 1.54) is 19.2 Å². The van der Waals surface area contributed by atoms with Crippen molar-refractivity contribution in [2.75, 3.05) is 7.11 Å². The van der Waals surface area contributed by atoms with Crippen molar-refractivity contribution >= 4 is 0 Å². The zero-order valence-corrected chi connectivity index (χ0v) is 8.91. The molecule has 0 aliphatic heterocycles. The maximum Gasteiger partial charge on any atom is 0.270 e. The molecule has 0 bridgehead atoms. The van der Waals surface area contributed by atoms with Crippen LogP contribution in [0.1, 0.15) is 0 Å². The molecule has 0 unspecified atom stereocenters. The fourth-order valence-corrected chi connectivity index (χ4v) is 1.51. The maximum absolute atomic E-state index is 13.1. The van der Waals surface area contributed by atoms with Crippen molar-refractivity contribution in [2.24, 2.45) is 0 Å². The van der Waals surface area contributed by atoms with Crippen LogP contribution in [0.2, 0.25) is 0 Å². The molecule has 0 fully saturated rings. The average molecular weight is 236 g/mol. The van der Waals surface area contributed by atoms with Gasteiger partial charge in [-0.25, -0.2) is 4.39 Å². The fourth-order valence-electron chi connectivity index (χ4n) is 1.51. The molecule has 6 heteroatoms. The van der Waals surface area contributed by atoms with E-state index in [-0.39, 0.29) is 11.1 Å². The summed E-state index contributed by atoms with van der Waals surface area (Å²) in [5.41, 5.74) is -0.704. The van der Waals surface area contributed by atoms with Crippen molar-refractivity contribution in [3.05, 3.63) is 50.8 Å². The number of methoxy groups -OCH3 is 1. The minimum Gasteiger partial charge on any atom is -0.496 e. The van der Waals surface area contributed by atoms with E-state index in [1.807, 2.05) is 0 Å². The van der Waals surface area contributed by atoms with Crippen molar-refractivity contribution in [3.8, 4) is 16.9 Å². The molecule has 0 atom stereocenters. The average Bonchev–Trinajstić information content (AvgIpc) is 2.32. The quantitative estimate of drug-likeness (QED) is 0.812.